The maximum atomic E-state index is 5.96. The highest BCUT2D eigenvalue weighted by Crippen LogP contribution is 2.16. The molecule has 0 saturated heterocycles. The minimum Gasteiger partial charge on any atom is -0.327 e. The zero-order valence-corrected chi connectivity index (χ0v) is 9.31. The van der Waals surface area contributed by atoms with Crippen LogP contribution in [-0.2, 0) is 6.42 Å². The van der Waals surface area contributed by atoms with Crippen LogP contribution in [0.4, 0.5) is 0 Å². The predicted molar refractivity (Wildman–Crippen MR) is 60.1 cm³/mol. The van der Waals surface area contributed by atoms with E-state index in [2.05, 4.69) is 31.4 Å². The van der Waals surface area contributed by atoms with Gasteiger partial charge in [-0.05, 0) is 36.6 Å². The molecule has 0 aliphatic rings. The molecule has 2 unspecified atom stereocenters. The second-order valence-electron chi connectivity index (χ2n) is 3.67. The molecule has 0 spiro atoms. The quantitative estimate of drug-likeness (QED) is 0.771. The van der Waals surface area contributed by atoms with Gasteiger partial charge in [0.2, 0.25) is 0 Å². The fraction of sp³-hybridized carbons (Fsp3) is 0.636. The average Bonchev–Trinajstić information content (AvgIpc) is 2.65. The average molecular weight is 197 g/mol. The van der Waals surface area contributed by atoms with Gasteiger partial charge in [-0.15, -0.1) is 11.3 Å². The van der Waals surface area contributed by atoms with E-state index < -0.39 is 0 Å². The molecule has 0 saturated carbocycles. The van der Waals surface area contributed by atoms with E-state index in [-0.39, 0.29) is 0 Å². The third-order valence-electron chi connectivity index (χ3n) is 2.63. The largest absolute Gasteiger partial charge is 0.327 e. The van der Waals surface area contributed by atoms with Gasteiger partial charge in [0.15, 0.2) is 0 Å². The van der Waals surface area contributed by atoms with Gasteiger partial charge in [-0.2, -0.15) is 0 Å². The van der Waals surface area contributed by atoms with E-state index in [4.69, 9.17) is 5.73 Å². The smallest absolute Gasteiger partial charge is 0.00620 e. The first-order valence-electron chi connectivity index (χ1n) is 5.02. The van der Waals surface area contributed by atoms with Crippen LogP contribution in [-0.4, -0.2) is 6.04 Å². The zero-order valence-electron chi connectivity index (χ0n) is 8.49. The Bertz CT molecular complexity index is 218. The third-order valence-corrected chi connectivity index (χ3v) is 3.56. The molecule has 0 bridgehead atoms. The molecule has 1 aromatic heterocycles. The summed E-state index contributed by atoms with van der Waals surface area (Å²) in [6.45, 7) is 4.41. The summed E-state index contributed by atoms with van der Waals surface area (Å²) in [5, 5.41) is 2.14. The fourth-order valence-electron chi connectivity index (χ4n) is 1.44. The minimum absolute atomic E-state index is 0.375. The Morgan fingerprint density at radius 2 is 2.31 bits per heavy atom. The van der Waals surface area contributed by atoms with E-state index in [9.17, 15) is 0 Å². The first-order chi connectivity index (χ1) is 6.24. The molecule has 13 heavy (non-hydrogen) atoms. The van der Waals surface area contributed by atoms with Crippen LogP contribution in [0.25, 0.3) is 0 Å². The van der Waals surface area contributed by atoms with E-state index in [1.54, 1.807) is 0 Å². The molecular formula is C11H19NS. The van der Waals surface area contributed by atoms with Crippen molar-refractivity contribution < 1.29 is 0 Å². The van der Waals surface area contributed by atoms with Crippen molar-refractivity contribution in [1.29, 1.82) is 0 Å². The molecule has 74 valence electrons. The number of hydrogen-bond donors (Lipinski definition) is 1. The summed E-state index contributed by atoms with van der Waals surface area (Å²) < 4.78 is 0. The van der Waals surface area contributed by atoms with Crippen LogP contribution in [0.5, 0.6) is 0 Å². The van der Waals surface area contributed by atoms with Crippen molar-refractivity contribution in [2.45, 2.75) is 39.2 Å². The van der Waals surface area contributed by atoms with Crippen LogP contribution in [0, 0.1) is 5.92 Å². The van der Waals surface area contributed by atoms with Gasteiger partial charge in [0.05, 0.1) is 0 Å². The van der Waals surface area contributed by atoms with Gasteiger partial charge in [-0.1, -0.05) is 19.9 Å². The molecule has 1 heterocycles. The summed E-state index contributed by atoms with van der Waals surface area (Å²) in [5.74, 6) is 0.645. The van der Waals surface area contributed by atoms with Crippen LogP contribution < -0.4 is 5.73 Å². The molecule has 0 aliphatic carbocycles. The molecule has 2 atom stereocenters. The monoisotopic (exact) mass is 197 g/mol. The molecule has 2 heteroatoms. The second kappa shape index (κ2) is 5.40. The van der Waals surface area contributed by atoms with Gasteiger partial charge in [0.1, 0.15) is 0 Å². The standard InChI is InChI=1S/C11H19NS/c1-3-11(12)9(2)6-7-10-5-4-8-13-10/h4-5,8-9,11H,3,6-7,12H2,1-2H3. The van der Waals surface area contributed by atoms with Crippen molar-refractivity contribution in [3.05, 3.63) is 22.4 Å². The molecule has 1 nitrogen and oxygen atoms in total. The van der Waals surface area contributed by atoms with Crippen molar-refractivity contribution in [3.8, 4) is 0 Å². The maximum Gasteiger partial charge on any atom is 0.00620 e. The van der Waals surface area contributed by atoms with Crippen LogP contribution in [0.1, 0.15) is 31.6 Å². The highest BCUT2D eigenvalue weighted by atomic mass is 32.1. The summed E-state index contributed by atoms with van der Waals surface area (Å²) in [7, 11) is 0. The van der Waals surface area contributed by atoms with E-state index in [0.717, 1.165) is 6.42 Å². The second-order valence-corrected chi connectivity index (χ2v) is 4.70. The number of thiophene rings is 1. The molecule has 0 radical (unpaired) electrons. The number of aryl methyl sites for hydroxylation is 1. The van der Waals surface area contributed by atoms with Crippen LogP contribution in [0.3, 0.4) is 0 Å². The van der Waals surface area contributed by atoms with Crippen molar-refractivity contribution in [1.82, 2.24) is 0 Å². The van der Waals surface area contributed by atoms with Crippen molar-refractivity contribution in [2.24, 2.45) is 11.7 Å². The SMILES string of the molecule is CCC(N)C(C)CCc1cccs1. The van der Waals surface area contributed by atoms with Crippen molar-refractivity contribution in [2.75, 3.05) is 0 Å². The zero-order chi connectivity index (χ0) is 9.68. The maximum absolute atomic E-state index is 5.96. The summed E-state index contributed by atoms with van der Waals surface area (Å²) in [4.78, 5) is 1.48. The molecular weight excluding hydrogens is 178 g/mol. The summed E-state index contributed by atoms with van der Waals surface area (Å²) >= 11 is 1.84. The summed E-state index contributed by atoms with van der Waals surface area (Å²) in [6.07, 6.45) is 3.49. The Labute approximate surface area is 85.0 Å². The molecule has 0 aromatic carbocycles. The van der Waals surface area contributed by atoms with E-state index in [1.165, 1.54) is 17.7 Å². The molecule has 0 aliphatic heterocycles. The molecule has 1 rings (SSSR count). The lowest BCUT2D eigenvalue weighted by molar-refractivity contribution is 0.418. The minimum atomic E-state index is 0.375. The molecule has 0 amide bonds. The number of rotatable bonds is 5. The van der Waals surface area contributed by atoms with E-state index in [0.29, 0.717) is 12.0 Å². The Hall–Kier alpha value is -0.340. The topological polar surface area (TPSA) is 26.0 Å². The highest BCUT2D eigenvalue weighted by molar-refractivity contribution is 7.09. The van der Waals surface area contributed by atoms with E-state index >= 15 is 0 Å². The Morgan fingerprint density at radius 1 is 1.54 bits per heavy atom. The number of nitrogens with two attached hydrogens (primary N) is 1. The van der Waals surface area contributed by atoms with Gasteiger partial charge >= 0.3 is 0 Å². The van der Waals surface area contributed by atoms with Crippen LogP contribution in [0.2, 0.25) is 0 Å². The summed E-state index contributed by atoms with van der Waals surface area (Å²) in [6, 6.07) is 4.69. The summed E-state index contributed by atoms with van der Waals surface area (Å²) in [5.41, 5.74) is 5.96. The van der Waals surface area contributed by atoms with Gasteiger partial charge in [-0.3, -0.25) is 0 Å². The Kier molecular flexibility index (Phi) is 4.46. The molecule has 1 aromatic rings. The first-order valence-corrected chi connectivity index (χ1v) is 5.90. The number of hydrogen-bond acceptors (Lipinski definition) is 2. The first kappa shape index (κ1) is 10.7. The van der Waals surface area contributed by atoms with Crippen molar-refractivity contribution in [3.63, 3.8) is 0 Å². The van der Waals surface area contributed by atoms with Gasteiger partial charge in [-0.25, -0.2) is 0 Å². The lowest BCUT2D eigenvalue weighted by Gasteiger charge is -2.17. The third kappa shape index (κ3) is 3.49. The van der Waals surface area contributed by atoms with Crippen molar-refractivity contribution >= 4 is 11.3 Å². The van der Waals surface area contributed by atoms with Crippen LogP contribution >= 0.6 is 11.3 Å². The van der Waals surface area contributed by atoms with Gasteiger partial charge < -0.3 is 5.73 Å². The molecule has 0 fully saturated rings. The van der Waals surface area contributed by atoms with Gasteiger partial charge in [0.25, 0.3) is 0 Å². The highest BCUT2D eigenvalue weighted by Gasteiger charge is 2.10. The lowest BCUT2D eigenvalue weighted by Crippen LogP contribution is -2.27. The van der Waals surface area contributed by atoms with Crippen LogP contribution in [0.15, 0.2) is 17.5 Å². The normalized spacial score (nSPS) is 15.6. The predicted octanol–water partition coefficient (Wildman–Crippen LogP) is 3.05. The molecule has 2 N–H and O–H groups in total. The Balaban J connectivity index is 2.26. The van der Waals surface area contributed by atoms with E-state index in [1.807, 2.05) is 11.3 Å². The Morgan fingerprint density at radius 3 is 2.85 bits per heavy atom. The fourth-order valence-corrected chi connectivity index (χ4v) is 2.17. The lowest BCUT2D eigenvalue weighted by atomic mass is 9.95. The van der Waals surface area contributed by atoms with Gasteiger partial charge in [0, 0.05) is 10.9 Å².